The van der Waals surface area contributed by atoms with Crippen LogP contribution in [0, 0.1) is 23.2 Å². The van der Waals surface area contributed by atoms with Gasteiger partial charge in [0.05, 0.1) is 0 Å². The van der Waals surface area contributed by atoms with Crippen molar-refractivity contribution in [2.75, 3.05) is 11.9 Å². The molecule has 112 valence electrons. The van der Waals surface area contributed by atoms with Gasteiger partial charge in [0.25, 0.3) is 0 Å². The fraction of sp³-hybridized carbons (Fsp3) is 0.500. The summed E-state index contributed by atoms with van der Waals surface area (Å²) in [5.41, 5.74) is 1.71. The quantitative estimate of drug-likeness (QED) is 0.820. The van der Waals surface area contributed by atoms with Crippen molar-refractivity contribution in [3.05, 3.63) is 29.8 Å². The van der Waals surface area contributed by atoms with E-state index < -0.39 is 0 Å². The molecule has 0 bridgehead atoms. The van der Waals surface area contributed by atoms with Gasteiger partial charge in [0, 0.05) is 17.2 Å². The van der Waals surface area contributed by atoms with Crippen LogP contribution >= 0.6 is 0 Å². The lowest BCUT2D eigenvalue weighted by atomic mass is 9.68. The van der Waals surface area contributed by atoms with Crippen molar-refractivity contribution in [1.29, 1.82) is 0 Å². The van der Waals surface area contributed by atoms with Crippen LogP contribution < -0.4 is 5.32 Å². The van der Waals surface area contributed by atoms with Gasteiger partial charge in [0.1, 0.15) is 6.61 Å². The molecule has 0 spiro atoms. The fourth-order valence-electron chi connectivity index (χ4n) is 2.99. The first-order valence-corrected chi connectivity index (χ1v) is 7.53. The number of rotatable bonds is 2. The molecule has 1 aliphatic rings. The number of aliphatic hydroxyl groups is 1. The zero-order chi connectivity index (χ0) is 15.3. The molecule has 3 nitrogen and oxygen atoms in total. The number of benzene rings is 1. The molecule has 0 aliphatic heterocycles. The van der Waals surface area contributed by atoms with Gasteiger partial charge < -0.3 is 10.4 Å². The van der Waals surface area contributed by atoms with Crippen LogP contribution in [0.25, 0.3) is 0 Å². The summed E-state index contributed by atoms with van der Waals surface area (Å²) < 4.78 is 0. The van der Waals surface area contributed by atoms with Gasteiger partial charge >= 0.3 is 0 Å². The van der Waals surface area contributed by atoms with E-state index >= 15 is 0 Å². The van der Waals surface area contributed by atoms with Gasteiger partial charge in [-0.15, -0.1) is 0 Å². The maximum atomic E-state index is 12.5. The van der Waals surface area contributed by atoms with Gasteiger partial charge in [-0.25, -0.2) is 0 Å². The highest BCUT2D eigenvalue weighted by atomic mass is 16.2. The van der Waals surface area contributed by atoms with Crippen molar-refractivity contribution < 1.29 is 9.90 Å². The molecule has 0 saturated heterocycles. The molecular formula is C18H23NO2. The Kier molecular flexibility index (Phi) is 5.03. The number of anilines is 1. The Bertz CT molecular complexity index is 549. The van der Waals surface area contributed by atoms with Gasteiger partial charge in [-0.1, -0.05) is 38.5 Å². The van der Waals surface area contributed by atoms with Crippen LogP contribution in [0.4, 0.5) is 5.69 Å². The summed E-state index contributed by atoms with van der Waals surface area (Å²) in [6.45, 7) is 4.23. The number of aliphatic hydroxyl groups excluding tert-OH is 1. The van der Waals surface area contributed by atoms with E-state index in [4.69, 9.17) is 5.11 Å². The van der Waals surface area contributed by atoms with Crippen molar-refractivity contribution >= 4 is 11.6 Å². The fourth-order valence-corrected chi connectivity index (χ4v) is 2.99. The lowest BCUT2D eigenvalue weighted by Crippen LogP contribution is -2.37. The maximum Gasteiger partial charge on any atom is 0.228 e. The van der Waals surface area contributed by atoms with Crippen molar-refractivity contribution in [3.63, 3.8) is 0 Å². The third-order valence-electron chi connectivity index (χ3n) is 4.29. The predicted molar refractivity (Wildman–Crippen MR) is 84.8 cm³/mol. The number of carbonyl (C=O) groups excluding carboxylic acids is 1. The summed E-state index contributed by atoms with van der Waals surface area (Å²) in [6.07, 6.45) is 4.44. The molecule has 1 aliphatic carbocycles. The lowest BCUT2D eigenvalue weighted by Gasteiger charge is -2.37. The summed E-state index contributed by atoms with van der Waals surface area (Å²) >= 11 is 0. The van der Waals surface area contributed by atoms with Gasteiger partial charge in [0.15, 0.2) is 0 Å². The third-order valence-corrected chi connectivity index (χ3v) is 4.29. The molecule has 21 heavy (non-hydrogen) atoms. The Morgan fingerprint density at radius 3 is 2.67 bits per heavy atom. The first-order valence-electron chi connectivity index (χ1n) is 7.53. The monoisotopic (exact) mass is 285 g/mol. The average Bonchev–Trinajstić information content (AvgIpc) is 2.46. The molecule has 1 saturated carbocycles. The molecule has 1 atom stereocenters. The highest BCUT2D eigenvalue weighted by Crippen LogP contribution is 2.41. The molecule has 3 heteroatoms. The minimum Gasteiger partial charge on any atom is -0.384 e. The van der Waals surface area contributed by atoms with Crippen molar-refractivity contribution in [1.82, 2.24) is 0 Å². The smallest absolute Gasteiger partial charge is 0.228 e. The van der Waals surface area contributed by atoms with Crippen LogP contribution in [-0.2, 0) is 4.79 Å². The van der Waals surface area contributed by atoms with Crippen LogP contribution in [0.15, 0.2) is 24.3 Å². The molecule has 1 unspecified atom stereocenters. The van der Waals surface area contributed by atoms with Gasteiger partial charge in [-0.3, -0.25) is 4.79 Å². The van der Waals surface area contributed by atoms with E-state index in [1.165, 1.54) is 6.42 Å². The second kappa shape index (κ2) is 6.78. The van der Waals surface area contributed by atoms with E-state index in [2.05, 4.69) is 31.0 Å². The number of nitrogens with one attached hydrogen (secondary N) is 1. The van der Waals surface area contributed by atoms with Gasteiger partial charge in [0.2, 0.25) is 5.91 Å². The predicted octanol–water partition coefficient (Wildman–Crippen LogP) is 3.19. The molecule has 0 heterocycles. The summed E-state index contributed by atoms with van der Waals surface area (Å²) in [4.78, 5) is 12.5. The minimum atomic E-state index is -0.144. The topological polar surface area (TPSA) is 49.3 Å². The Morgan fingerprint density at radius 2 is 2.05 bits per heavy atom. The summed E-state index contributed by atoms with van der Waals surface area (Å²) in [7, 11) is 0. The Hall–Kier alpha value is -1.79. The number of hydrogen-bond acceptors (Lipinski definition) is 2. The zero-order valence-electron chi connectivity index (χ0n) is 12.8. The largest absolute Gasteiger partial charge is 0.384 e. The Labute approximate surface area is 126 Å². The van der Waals surface area contributed by atoms with Crippen molar-refractivity contribution in [3.8, 4) is 11.8 Å². The molecule has 2 rings (SSSR count). The third kappa shape index (κ3) is 4.09. The van der Waals surface area contributed by atoms with E-state index in [1.807, 2.05) is 24.3 Å². The average molecular weight is 285 g/mol. The summed E-state index contributed by atoms with van der Waals surface area (Å²) in [5, 5.41) is 11.7. The molecule has 1 fully saturated rings. The van der Waals surface area contributed by atoms with E-state index in [0.717, 1.165) is 30.5 Å². The maximum absolute atomic E-state index is 12.5. The molecule has 1 aromatic rings. The summed E-state index contributed by atoms with van der Waals surface area (Å²) in [6, 6.07) is 7.42. The first-order chi connectivity index (χ1) is 10.0. The van der Waals surface area contributed by atoms with Crippen molar-refractivity contribution in [2.45, 2.75) is 39.5 Å². The molecule has 1 aromatic carbocycles. The molecule has 2 N–H and O–H groups in total. The second-order valence-corrected chi connectivity index (χ2v) is 6.31. The molecule has 0 aromatic heterocycles. The normalized spacial score (nSPS) is 20.2. The Morgan fingerprint density at radius 1 is 1.33 bits per heavy atom. The summed E-state index contributed by atoms with van der Waals surface area (Å²) in [5.74, 6) is 5.65. The van der Waals surface area contributed by atoms with Crippen LogP contribution in [0.1, 0.15) is 45.1 Å². The number of carbonyl (C=O) groups is 1. The van der Waals surface area contributed by atoms with Crippen LogP contribution in [0.5, 0.6) is 0 Å². The van der Waals surface area contributed by atoms with E-state index in [9.17, 15) is 4.79 Å². The molecular weight excluding hydrogens is 262 g/mol. The highest BCUT2D eigenvalue weighted by molar-refractivity contribution is 5.93. The molecule has 1 amide bonds. The second-order valence-electron chi connectivity index (χ2n) is 6.31. The van der Waals surface area contributed by atoms with E-state index in [1.54, 1.807) is 0 Å². The lowest BCUT2D eigenvalue weighted by molar-refractivity contribution is -0.124. The molecule has 0 radical (unpaired) electrons. The van der Waals surface area contributed by atoms with Crippen LogP contribution in [-0.4, -0.2) is 17.6 Å². The Balaban J connectivity index is 2.02. The van der Waals surface area contributed by atoms with E-state index in [0.29, 0.717) is 0 Å². The van der Waals surface area contributed by atoms with Gasteiger partial charge in [-0.05, 0) is 42.5 Å². The number of amides is 1. The van der Waals surface area contributed by atoms with E-state index in [-0.39, 0.29) is 23.8 Å². The van der Waals surface area contributed by atoms with Crippen LogP contribution in [0.2, 0.25) is 0 Å². The van der Waals surface area contributed by atoms with Gasteiger partial charge in [-0.2, -0.15) is 0 Å². The number of hydrogen-bond donors (Lipinski definition) is 2. The minimum absolute atomic E-state index is 0.0782. The van der Waals surface area contributed by atoms with Crippen molar-refractivity contribution in [2.24, 2.45) is 11.3 Å². The highest BCUT2D eigenvalue weighted by Gasteiger charge is 2.36. The zero-order valence-corrected chi connectivity index (χ0v) is 12.8. The first kappa shape index (κ1) is 15.6. The van der Waals surface area contributed by atoms with Crippen LogP contribution in [0.3, 0.4) is 0 Å². The standard InChI is InChI=1S/C18H23NO2/c1-18(2)12-4-3-7-16(18)17(21)19-15-10-8-14(9-11-15)6-5-13-20/h8-11,16,20H,3-4,7,12-13H2,1-2H3,(H,19,21). The SMILES string of the molecule is CC1(C)CCCCC1C(=O)Nc1ccc(C#CCO)cc1.